The summed E-state index contributed by atoms with van der Waals surface area (Å²) >= 11 is 30.3. The van der Waals surface area contributed by atoms with Crippen LogP contribution in [0.5, 0.6) is 0 Å². The van der Waals surface area contributed by atoms with Crippen molar-refractivity contribution in [3.05, 3.63) is 105 Å². The van der Waals surface area contributed by atoms with Crippen molar-refractivity contribution in [2.45, 2.75) is 0 Å². The molecule has 0 bridgehead atoms. The summed E-state index contributed by atoms with van der Waals surface area (Å²) in [7, 11) is 2.53. The number of carbonyl (C=O) groups excluding carboxylic acids is 2. The normalized spacial score (nSPS) is 14.1. The average Bonchev–Trinajstić information content (AvgIpc) is 3.86. The molecule has 0 radical (unpaired) electrons. The standard InChI is InChI=1S/C19H16Cl2N2O4S.C15H8BrCl2NO3S.C4H9NO/c1-26-19(25)16-15(10-2-3-12(20)13(21)8-10)11-9-14(23-4-6-27-7-5-23)28-17(11)18(24)22-16;1-22-15(21)12-11(6-2-3-8(17)9(18)4-6)7-5-10(16)23-13(7)14(20)19-12;1-3-6-4-2-5-1/h2-3,8-9H,4-7H2,1H3,(H,22,24);2-5H,1H3,(H,19,20);5H,1-4H2. The van der Waals surface area contributed by atoms with E-state index in [2.05, 4.69) is 36.1 Å². The molecule has 0 atom stereocenters. The Bertz CT molecular complexity index is 2560. The molecule has 2 aliphatic heterocycles. The Morgan fingerprint density at radius 3 is 1.60 bits per heavy atom. The van der Waals surface area contributed by atoms with Gasteiger partial charge in [0, 0.05) is 48.1 Å². The van der Waals surface area contributed by atoms with Gasteiger partial charge >= 0.3 is 11.9 Å². The second-order valence-electron chi connectivity index (χ2n) is 12.2. The number of benzene rings is 2. The van der Waals surface area contributed by atoms with E-state index >= 15 is 0 Å². The summed E-state index contributed by atoms with van der Waals surface area (Å²) in [4.78, 5) is 56.8. The van der Waals surface area contributed by atoms with Gasteiger partial charge in [0.05, 0.1) is 69.5 Å². The molecule has 8 rings (SSSR count). The van der Waals surface area contributed by atoms with Crippen LogP contribution in [0.3, 0.4) is 0 Å². The van der Waals surface area contributed by atoms with Crippen LogP contribution in [-0.2, 0) is 18.9 Å². The van der Waals surface area contributed by atoms with Gasteiger partial charge in [-0.2, -0.15) is 0 Å². The van der Waals surface area contributed by atoms with Gasteiger partial charge in [-0.1, -0.05) is 58.5 Å². The maximum absolute atomic E-state index is 12.7. The molecule has 0 aliphatic carbocycles. The first kappa shape index (κ1) is 43.1. The van der Waals surface area contributed by atoms with Crippen molar-refractivity contribution >= 4 is 122 Å². The number of methoxy groups -OCH3 is 2. The average molecular weight is 960 g/mol. The lowest BCUT2D eigenvalue weighted by Crippen LogP contribution is -2.35. The minimum atomic E-state index is -0.632. The van der Waals surface area contributed by atoms with Crippen molar-refractivity contribution in [3.8, 4) is 22.3 Å². The van der Waals surface area contributed by atoms with Crippen molar-refractivity contribution in [1.82, 2.24) is 15.3 Å². The maximum Gasteiger partial charge on any atom is 0.355 e. The Morgan fingerprint density at radius 1 is 0.684 bits per heavy atom. The second-order valence-corrected chi connectivity index (χ2v) is 17.3. The van der Waals surface area contributed by atoms with Gasteiger partial charge in [-0.15, -0.1) is 22.7 Å². The van der Waals surface area contributed by atoms with E-state index in [-0.39, 0.29) is 22.5 Å². The largest absolute Gasteiger partial charge is 0.464 e. The molecule has 0 amide bonds. The Hall–Kier alpha value is -3.48. The Kier molecular flexibility index (Phi) is 14.8. The number of hydrogen-bond donors (Lipinski definition) is 3. The van der Waals surface area contributed by atoms with E-state index in [1.165, 1.54) is 36.9 Å². The van der Waals surface area contributed by atoms with Crippen LogP contribution in [0.15, 0.2) is 61.9 Å². The van der Waals surface area contributed by atoms with Crippen LogP contribution in [-0.4, -0.2) is 88.7 Å². The fourth-order valence-corrected chi connectivity index (χ4v) is 9.26. The van der Waals surface area contributed by atoms with Gasteiger partial charge in [0.2, 0.25) is 0 Å². The zero-order valence-electron chi connectivity index (χ0n) is 30.2. The van der Waals surface area contributed by atoms with Gasteiger partial charge in [-0.25, -0.2) is 9.59 Å². The molecule has 2 aliphatic rings. The molecule has 6 heterocycles. The zero-order valence-corrected chi connectivity index (χ0v) is 36.4. The molecule has 12 nitrogen and oxygen atoms in total. The van der Waals surface area contributed by atoms with E-state index in [4.69, 9.17) is 65.4 Å². The summed E-state index contributed by atoms with van der Waals surface area (Å²) in [6.07, 6.45) is 0. The number of nitrogens with zero attached hydrogens (tertiary/aromatic N) is 1. The van der Waals surface area contributed by atoms with Crippen LogP contribution < -0.4 is 21.3 Å². The summed E-state index contributed by atoms with van der Waals surface area (Å²) in [5, 5.41) is 6.96. The first-order valence-corrected chi connectivity index (χ1v) is 21.1. The lowest BCUT2D eigenvalue weighted by molar-refractivity contribution is 0.0586. The second kappa shape index (κ2) is 19.5. The molecular formula is C38H33BrCl4N4O8S2. The number of aromatic amines is 2. The Balaban J connectivity index is 0.000000170. The minimum Gasteiger partial charge on any atom is -0.464 e. The van der Waals surface area contributed by atoms with E-state index in [0.29, 0.717) is 75.7 Å². The molecule has 6 aromatic rings. The molecule has 3 N–H and O–H groups in total. The van der Waals surface area contributed by atoms with Crippen LogP contribution in [0.4, 0.5) is 5.00 Å². The number of morpholine rings is 2. The third-order valence-electron chi connectivity index (χ3n) is 8.71. The minimum absolute atomic E-state index is 0.0775. The lowest BCUT2D eigenvalue weighted by atomic mass is 10.00. The number of fused-ring (bicyclic) bond motifs is 2. The van der Waals surface area contributed by atoms with E-state index in [9.17, 15) is 19.2 Å². The van der Waals surface area contributed by atoms with E-state index in [1.54, 1.807) is 42.5 Å². The third-order valence-corrected chi connectivity index (χ3v) is 13.0. The number of nitrogens with one attached hydrogen (secondary N) is 3. The predicted molar refractivity (Wildman–Crippen MR) is 233 cm³/mol. The van der Waals surface area contributed by atoms with Crippen molar-refractivity contribution < 1.29 is 28.5 Å². The lowest BCUT2D eigenvalue weighted by Gasteiger charge is -2.27. The molecular weight excluding hydrogens is 926 g/mol. The summed E-state index contributed by atoms with van der Waals surface area (Å²) in [5.41, 5.74) is 1.93. The molecule has 57 heavy (non-hydrogen) atoms. The van der Waals surface area contributed by atoms with Crippen LogP contribution in [0.1, 0.15) is 21.0 Å². The Morgan fingerprint density at radius 2 is 1.16 bits per heavy atom. The van der Waals surface area contributed by atoms with Gasteiger partial charge in [0.15, 0.2) is 0 Å². The highest BCUT2D eigenvalue weighted by molar-refractivity contribution is 9.11. The first-order valence-electron chi connectivity index (χ1n) is 17.2. The smallest absolute Gasteiger partial charge is 0.355 e. The van der Waals surface area contributed by atoms with Crippen LogP contribution in [0.25, 0.3) is 42.4 Å². The number of hydrogen-bond acceptors (Lipinski definition) is 12. The van der Waals surface area contributed by atoms with Crippen LogP contribution in [0, 0.1) is 0 Å². The predicted octanol–water partition coefficient (Wildman–Crippen LogP) is 8.91. The summed E-state index contributed by atoms with van der Waals surface area (Å²) in [6.45, 7) is 6.60. The van der Waals surface area contributed by atoms with Gasteiger partial charge in [-0.05, 0) is 63.5 Å². The summed E-state index contributed by atoms with van der Waals surface area (Å²) in [6, 6.07) is 13.8. The number of anilines is 1. The number of pyridine rings is 2. The number of rotatable bonds is 5. The molecule has 0 saturated carbocycles. The molecule has 2 saturated heterocycles. The van der Waals surface area contributed by atoms with Crippen molar-refractivity contribution in [2.24, 2.45) is 0 Å². The molecule has 0 spiro atoms. The molecule has 300 valence electrons. The van der Waals surface area contributed by atoms with Crippen molar-refractivity contribution in [1.29, 1.82) is 0 Å². The van der Waals surface area contributed by atoms with Crippen LogP contribution >= 0.6 is 85.0 Å². The van der Waals surface area contributed by atoms with E-state index in [1.807, 2.05) is 6.07 Å². The quantitative estimate of drug-likeness (QED) is 0.143. The van der Waals surface area contributed by atoms with Crippen molar-refractivity contribution in [3.63, 3.8) is 0 Å². The van der Waals surface area contributed by atoms with Gasteiger partial charge in [0.1, 0.15) is 20.8 Å². The maximum atomic E-state index is 12.7. The Labute approximate surface area is 362 Å². The highest BCUT2D eigenvalue weighted by atomic mass is 79.9. The number of esters is 2. The molecule has 4 aromatic heterocycles. The van der Waals surface area contributed by atoms with Gasteiger partial charge in [-0.3, -0.25) is 9.59 Å². The number of ether oxygens (including phenoxy) is 4. The number of halogens is 5. The molecule has 2 aromatic carbocycles. The van der Waals surface area contributed by atoms with Gasteiger partial charge < -0.3 is 39.1 Å². The SMILES string of the molecule is C1COCCN1.COC(=O)c1[nH]c(=O)c2sc(Br)cc2c1-c1ccc(Cl)c(Cl)c1.COC(=O)c1[nH]c(=O)c2sc(N3CCOCC3)cc2c1-c1ccc(Cl)c(Cl)c1. The highest BCUT2D eigenvalue weighted by Gasteiger charge is 2.25. The fraction of sp³-hybridized carbons (Fsp3) is 0.263. The fourth-order valence-electron chi connectivity index (χ4n) is 6.05. The third kappa shape index (κ3) is 9.87. The number of aromatic nitrogens is 2. The summed E-state index contributed by atoms with van der Waals surface area (Å²) < 4.78 is 21.9. The highest BCUT2D eigenvalue weighted by Crippen LogP contribution is 2.41. The molecule has 19 heteroatoms. The van der Waals surface area contributed by atoms with Crippen molar-refractivity contribution in [2.75, 3.05) is 71.7 Å². The number of carbonyl (C=O) groups is 2. The van der Waals surface area contributed by atoms with Gasteiger partial charge in [0.25, 0.3) is 11.1 Å². The number of thiophene rings is 2. The zero-order chi connectivity index (χ0) is 40.8. The monoisotopic (exact) mass is 956 g/mol. The summed E-state index contributed by atoms with van der Waals surface area (Å²) in [5.74, 6) is -1.26. The first-order chi connectivity index (χ1) is 27.4. The van der Waals surface area contributed by atoms with Crippen LogP contribution in [0.2, 0.25) is 20.1 Å². The molecule has 2 fully saturated rings. The van der Waals surface area contributed by atoms with E-state index in [0.717, 1.165) is 48.2 Å². The van der Waals surface area contributed by atoms with E-state index < -0.39 is 11.9 Å². The topological polar surface area (TPSA) is 152 Å². The molecule has 0 unspecified atom stereocenters. The number of H-pyrrole nitrogens is 2.